The Labute approximate surface area is 132 Å². The van der Waals surface area contributed by atoms with E-state index in [1.165, 1.54) is 11.8 Å². The molecule has 0 spiro atoms. The Morgan fingerprint density at radius 1 is 1.23 bits per heavy atom. The molecule has 0 aromatic heterocycles. The van der Waals surface area contributed by atoms with Gasteiger partial charge in [-0.25, -0.2) is 8.42 Å². The van der Waals surface area contributed by atoms with Gasteiger partial charge in [-0.2, -0.15) is 0 Å². The molecule has 0 aliphatic carbocycles. The van der Waals surface area contributed by atoms with Gasteiger partial charge in [0.15, 0.2) is 0 Å². The average Bonchev–Trinajstić information content (AvgIpc) is 2.45. The first-order valence-electron chi connectivity index (χ1n) is 7.58. The van der Waals surface area contributed by atoms with Crippen molar-refractivity contribution in [1.82, 2.24) is 9.80 Å². The predicted molar refractivity (Wildman–Crippen MR) is 87.2 cm³/mol. The number of amides is 1. The number of benzene rings is 1. The number of hydrogen-bond donors (Lipinski definition) is 0. The number of sulfone groups is 1. The molecule has 1 aromatic rings. The molecule has 0 bridgehead atoms. The molecule has 1 aliphatic heterocycles. The smallest absolute Gasteiger partial charge is 0.223 e. The number of rotatable bonds is 5. The van der Waals surface area contributed by atoms with Gasteiger partial charge in [0.25, 0.3) is 0 Å². The van der Waals surface area contributed by atoms with E-state index in [1.54, 1.807) is 0 Å². The molecule has 0 radical (unpaired) electrons. The highest BCUT2D eigenvalue weighted by Crippen LogP contribution is 2.14. The van der Waals surface area contributed by atoms with Gasteiger partial charge in [0, 0.05) is 44.9 Å². The van der Waals surface area contributed by atoms with E-state index in [4.69, 9.17) is 0 Å². The fourth-order valence-corrected chi connectivity index (χ4v) is 3.35. The summed E-state index contributed by atoms with van der Waals surface area (Å²) in [5.74, 6) is -0.125. The van der Waals surface area contributed by atoms with Crippen LogP contribution in [0.2, 0.25) is 0 Å². The molecule has 1 heterocycles. The van der Waals surface area contributed by atoms with E-state index in [0.29, 0.717) is 6.54 Å². The number of hydrogen-bond acceptors (Lipinski definition) is 4. The third kappa shape index (κ3) is 5.10. The number of piperazine rings is 1. The van der Waals surface area contributed by atoms with Crippen LogP contribution in [0.3, 0.4) is 0 Å². The first-order chi connectivity index (χ1) is 10.3. The lowest BCUT2D eigenvalue weighted by Gasteiger charge is -2.40. The second kappa shape index (κ2) is 7.24. The van der Waals surface area contributed by atoms with E-state index in [9.17, 15) is 13.2 Å². The molecule has 1 aromatic carbocycles. The van der Waals surface area contributed by atoms with Gasteiger partial charge in [0.05, 0.1) is 5.75 Å². The summed E-state index contributed by atoms with van der Waals surface area (Å²) >= 11 is 0. The molecule has 122 valence electrons. The van der Waals surface area contributed by atoms with Crippen LogP contribution in [0, 0.1) is 0 Å². The molecule has 1 aliphatic rings. The molecule has 1 atom stereocenters. The predicted octanol–water partition coefficient (Wildman–Crippen LogP) is 1.15. The van der Waals surface area contributed by atoms with Crippen molar-refractivity contribution in [3.05, 3.63) is 35.9 Å². The highest BCUT2D eigenvalue weighted by atomic mass is 32.2. The average molecular weight is 324 g/mol. The molecule has 22 heavy (non-hydrogen) atoms. The molecule has 0 saturated carbocycles. The normalized spacial score (nSPS) is 20.1. The SMILES string of the molecule is C[C@@H]1CN(Cc2ccccc2)CCN1C(=O)CCS(C)(=O)=O. The Hall–Kier alpha value is -1.40. The molecule has 0 N–H and O–H groups in total. The van der Waals surface area contributed by atoms with Crippen LogP contribution >= 0.6 is 0 Å². The number of carbonyl (C=O) groups is 1. The lowest BCUT2D eigenvalue weighted by molar-refractivity contribution is -0.135. The monoisotopic (exact) mass is 324 g/mol. The Bertz CT molecular complexity index is 601. The fraction of sp³-hybridized carbons (Fsp3) is 0.562. The second-order valence-electron chi connectivity index (χ2n) is 6.04. The molecule has 0 unspecified atom stereocenters. The van der Waals surface area contributed by atoms with Crippen LogP contribution in [0.5, 0.6) is 0 Å². The van der Waals surface area contributed by atoms with Gasteiger partial charge in [-0.1, -0.05) is 30.3 Å². The second-order valence-corrected chi connectivity index (χ2v) is 8.30. The summed E-state index contributed by atoms with van der Waals surface area (Å²) in [4.78, 5) is 16.3. The maximum Gasteiger partial charge on any atom is 0.223 e. The first kappa shape index (κ1) is 17.0. The summed E-state index contributed by atoms with van der Waals surface area (Å²) in [7, 11) is -3.08. The van der Waals surface area contributed by atoms with E-state index < -0.39 is 9.84 Å². The van der Waals surface area contributed by atoms with Crippen molar-refractivity contribution >= 4 is 15.7 Å². The minimum absolute atomic E-state index is 0.0581. The summed E-state index contributed by atoms with van der Waals surface area (Å²) in [6.45, 7) is 5.21. The minimum Gasteiger partial charge on any atom is -0.337 e. The van der Waals surface area contributed by atoms with Crippen molar-refractivity contribution in [3.8, 4) is 0 Å². The highest BCUT2D eigenvalue weighted by molar-refractivity contribution is 7.90. The van der Waals surface area contributed by atoms with Gasteiger partial charge in [-0.15, -0.1) is 0 Å². The first-order valence-corrected chi connectivity index (χ1v) is 9.65. The van der Waals surface area contributed by atoms with E-state index in [-0.39, 0.29) is 24.1 Å². The van der Waals surface area contributed by atoms with Crippen molar-refractivity contribution in [2.75, 3.05) is 31.6 Å². The zero-order valence-electron chi connectivity index (χ0n) is 13.2. The van der Waals surface area contributed by atoms with Crippen molar-refractivity contribution in [2.24, 2.45) is 0 Å². The van der Waals surface area contributed by atoms with E-state index in [2.05, 4.69) is 17.0 Å². The lowest BCUT2D eigenvalue weighted by Crippen LogP contribution is -2.53. The minimum atomic E-state index is -3.08. The molecule has 1 amide bonds. The highest BCUT2D eigenvalue weighted by Gasteiger charge is 2.27. The third-order valence-electron chi connectivity index (χ3n) is 3.97. The van der Waals surface area contributed by atoms with Gasteiger partial charge in [0.1, 0.15) is 9.84 Å². The summed E-state index contributed by atoms with van der Waals surface area (Å²) in [5.41, 5.74) is 1.27. The molecule has 2 rings (SSSR count). The lowest BCUT2D eigenvalue weighted by atomic mass is 10.1. The Morgan fingerprint density at radius 3 is 2.50 bits per heavy atom. The maximum absolute atomic E-state index is 12.2. The van der Waals surface area contributed by atoms with Crippen molar-refractivity contribution in [3.63, 3.8) is 0 Å². The standard InChI is InChI=1S/C16H24N2O3S/c1-14-12-17(13-15-6-4-3-5-7-15)9-10-18(14)16(19)8-11-22(2,20)21/h3-7,14H,8-13H2,1-2H3/t14-/m1/s1. The topological polar surface area (TPSA) is 57.7 Å². The van der Waals surface area contributed by atoms with Crippen molar-refractivity contribution in [1.29, 1.82) is 0 Å². The van der Waals surface area contributed by atoms with Crippen LogP contribution < -0.4 is 0 Å². The fourth-order valence-electron chi connectivity index (χ4n) is 2.81. The van der Waals surface area contributed by atoms with E-state index in [0.717, 1.165) is 19.6 Å². The summed E-state index contributed by atoms with van der Waals surface area (Å²) < 4.78 is 22.4. The Balaban J connectivity index is 1.86. The molecular formula is C16H24N2O3S. The van der Waals surface area contributed by atoms with Crippen LogP contribution in [0.15, 0.2) is 30.3 Å². The van der Waals surface area contributed by atoms with Crippen LogP contribution in [0.1, 0.15) is 18.9 Å². The molecule has 5 nitrogen and oxygen atoms in total. The van der Waals surface area contributed by atoms with E-state index >= 15 is 0 Å². The summed E-state index contributed by atoms with van der Waals surface area (Å²) in [6, 6.07) is 10.4. The molecule has 6 heteroatoms. The number of carbonyl (C=O) groups excluding carboxylic acids is 1. The Kier molecular flexibility index (Phi) is 5.58. The molecular weight excluding hydrogens is 300 g/mol. The zero-order chi connectivity index (χ0) is 16.2. The van der Waals surface area contributed by atoms with Crippen LogP contribution in [-0.4, -0.2) is 61.8 Å². The van der Waals surface area contributed by atoms with Crippen LogP contribution in [0.4, 0.5) is 0 Å². The van der Waals surface area contributed by atoms with E-state index in [1.807, 2.05) is 30.0 Å². The van der Waals surface area contributed by atoms with Crippen LogP contribution in [-0.2, 0) is 21.2 Å². The van der Waals surface area contributed by atoms with Gasteiger partial charge in [-0.05, 0) is 12.5 Å². The van der Waals surface area contributed by atoms with Crippen molar-refractivity contribution in [2.45, 2.75) is 25.9 Å². The van der Waals surface area contributed by atoms with Gasteiger partial charge < -0.3 is 4.90 Å². The third-order valence-corrected chi connectivity index (χ3v) is 4.91. The molecule has 1 saturated heterocycles. The largest absolute Gasteiger partial charge is 0.337 e. The van der Waals surface area contributed by atoms with Crippen molar-refractivity contribution < 1.29 is 13.2 Å². The molecule has 1 fully saturated rings. The quantitative estimate of drug-likeness (QED) is 0.815. The zero-order valence-corrected chi connectivity index (χ0v) is 14.1. The maximum atomic E-state index is 12.2. The number of nitrogens with zero attached hydrogens (tertiary/aromatic N) is 2. The Morgan fingerprint density at radius 2 is 1.91 bits per heavy atom. The summed E-state index contributed by atoms with van der Waals surface area (Å²) in [6.07, 6.45) is 1.25. The van der Waals surface area contributed by atoms with Gasteiger partial charge in [0.2, 0.25) is 5.91 Å². The van der Waals surface area contributed by atoms with Crippen LogP contribution in [0.25, 0.3) is 0 Å². The van der Waals surface area contributed by atoms with Gasteiger partial charge >= 0.3 is 0 Å². The van der Waals surface area contributed by atoms with Gasteiger partial charge in [-0.3, -0.25) is 9.69 Å². The summed E-state index contributed by atoms with van der Waals surface area (Å²) in [5, 5.41) is 0.